The van der Waals surface area contributed by atoms with Crippen LogP contribution in [0.2, 0.25) is 5.02 Å². The summed E-state index contributed by atoms with van der Waals surface area (Å²) in [5.74, 6) is 0.706. The normalized spacial score (nSPS) is 11.8. The van der Waals surface area contributed by atoms with Crippen molar-refractivity contribution < 1.29 is 9.53 Å². The van der Waals surface area contributed by atoms with Crippen molar-refractivity contribution in [3.8, 4) is 5.75 Å². The SMILES string of the molecule is Cc1ccccc1OC[C@@H](C)NC(=O)c1ccc(Cl)cc1. The first kappa shape index (κ1) is 15.4. The van der Waals surface area contributed by atoms with Gasteiger partial charge in [0.25, 0.3) is 5.91 Å². The predicted octanol–water partition coefficient (Wildman–Crippen LogP) is 3.85. The van der Waals surface area contributed by atoms with Crippen LogP contribution >= 0.6 is 11.6 Å². The van der Waals surface area contributed by atoms with E-state index in [1.54, 1.807) is 24.3 Å². The number of benzene rings is 2. The Kier molecular flexibility index (Phi) is 5.23. The number of amides is 1. The smallest absolute Gasteiger partial charge is 0.251 e. The molecule has 2 aromatic rings. The number of rotatable bonds is 5. The van der Waals surface area contributed by atoms with Gasteiger partial charge >= 0.3 is 0 Å². The number of hydrogen-bond donors (Lipinski definition) is 1. The second-order valence-electron chi connectivity index (χ2n) is 4.96. The largest absolute Gasteiger partial charge is 0.491 e. The van der Waals surface area contributed by atoms with Crippen LogP contribution < -0.4 is 10.1 Å². The van der Waals surface area contributed by atoms with Crippen LogP contribution in [0.3, 0.4) is 0 Å². The molecule has 0 heterocycles. The molecule has 2 aromatic carbocycles. The molecule has 0 bridgehead atoms. The quantitative estimate of drug-likeness (QED) is 0.911. The molecular weight excluding hydrogens is 286 g/mol. The lowest BCUT2D eigenvalue weighted by atomic mass is 10.2. The number of hydrogen-bond acceptors (Lipinski definition) is 2. The molecule has 0 aromatic heterocycles. The van der Waals surface area contributed by atoms with Gasteiger partial charge in [-0.15, -0.1) is 0 Å². The van der Waals surface area contributed by atoms with E-state index in [0.717, 1.165) is 11.3 Å². The van der Waals surface area contributed by atoms with E-state index in [9.17, 15) is 4.79 Å². The molecule has 0 fully saturated rings. The van der Waals surface area contributed by atoms with E-state index in [1.807, 2.05) is 38.1 Å². The highest BCUT2D eigenvalue weighted by Gasteiger charge is 2.10. The monoisotopic (exact) mass is 303 g/mol. The van der Waals surface area contributed by atoms with Gasteiger partial charge in [0.1, 0.15) is 12.4 Å². The third-order valence-corrected chi connectivity index (χ3v) is 3.32. The van der Waals surface area contributed by atoms with E-state index in [1.165, 1.54) is 0 Å². The second-order valence-corrected chi connectivity index (χ2v) is 5.39. The highest BCUT2D eigenvalue weighted by atomic mass is 35.5. The second kappa shape index (κ2) is 7.14. The molecule has 0 spiro atoms. The van der Waals surface area contributed by atoms with Crippen LogP contribution in [-0.4, -0.2) is 18.6 Å². The molecule has 4 heteroatoms. The molecular formula is C17H18ClNO2. The van der Waals surface area contributed by atoms with Gasteiger partial charge in [-0.1, -0.05) is 29.8 Å². The first-order chi connectivity index (χ1) is 10.1. The average molecular weight is 304 g/mol. The topological polar surface area (TPSA) is 38.3 Å². The summed E-state index contributed by atoms with van der Waals surface area (Å²) in [6, 6.07) is 14.5. The van der Waals surface area contributed by atoms with Gasteiger partial charge in [0.2, 0.25) is 0 Å². The molecule has 0 aliphatic carbocycles. The van der Waals surface area contributed by atoms with E-state index in [-0.39, 0.29) is 11.9 Å². The fraction of sp³-hybridized carbons (Fsp3) is 0.235. The molecule has 0 saturated carbocycles. The average Bonchev–Trinajstić information content (AvgIpc) is 2.47. The molecule has 0 saturated heterocycles. The molecule has 0 aliphatic rings. The number of nitrogens with one attached hydrogen (secondary N) is 1. The molecule has 1 amide bonds. The van der Waals surface area contributed by atoms with Crippen molar-refractivity contribution in [2.45, 2.75) is 19.9 Å². The molecule has 2 rings (SSSR count). The standard InChI is InChI=1S/C17H18ClNO2/c1-12-5-3-4-6-16(12)21-11-13(2)19-17(20)14-7-9-15(18)10-8-14/h3-10,13H,11H2,1-2H3,(H,19,20)/t13-/m1/s1. The van der Waals surface area contributed by atoms with E-state index in [0.29, 0.717) is 17.2 Å². The molecule has 1 atom stereocenters. The minimum Gasteiger partial charge on any atom is -0.491 e. The summed E-state index contributed by atoms with van der Waals surface area (Å²) in [6.45, 7) is 4.32. The Hall–Kier alpha value is -2.00. The van der Waals surface area contributed by atoms with E-state index in [2.05, 4.69) is 5.32 Å². The molecule has 3 nitrogen and oxygen atoms in total. The Bertz CT molecular complexity index is 610. The van der Waals surface area contributed by atoms with Crippen molar-refractivity contribution in [3.05, 3.63) is 64.7 Å². The zero-order valence-corrected chi connectivity index (χ0v) is 12.9. The lowest BCUT2D eigenvalue weighted by Gasteiger charge is -2.16. The maximum atomic E-state index is 12.0. The zero-order valence-electron chi connectivity index (χ0n) is 12.1. The lowest BCUT2D eigenvalue weighted by molar-refractivity contribution is 0.0926. The van der Waals surface area contributed by atoms with Crippen LogP contribution in [-0.2, 0) is 0 Å². The Balaban J connectivity index is 1.87. The highest BCUT2D eigenvalue weighted by molar-refractivity contribution is 6.30. The van der Waals surface area contributed by atoms with Gasteiger partial charge in [-0.3, -0.25) is 4.79 Å². The van der Waals surface area contributed by atoms with Gasteiger partial charge < -0.3 is 10.1 Å². The van der Waals surface area contributed by atoms with Gasteiger partial charge in [-0.2, -0.15) is 0 Å². The molecule has 0 unspecified atom stereocenters. The van der Waals surface area contributed by atoms with Crippen molar-refractivity contribution in [2.75, 3.05) is 6.61 Å². The van der Waals surface area contributed by atoms with Crippen molar-refractivity contribution in [1.29, 1.82) is 0 Å². The third-order valence-electron chi connectivity index (χ3n) is 3.07. The Labute approximate surface area is 129 Å². The third kappa shape index (κ3) is 4.50. The van der Waals surface area contributed by atoms with Crippen LogP contribution in [0.15, 0.2) is 48.5 Å². The van der Waals surface area contributed by atoms with E-state index >= 15 is 0 Å². The minimum atomic E-state index is -0.132. The first-order valence-corrected chi connectivity index (χ1v) is 7.19. The Morgan fingerprint density at radius 2 is 1.86 bits per heavy atom. The first-order valence-electron chi connectivity index (χ1n) is 6.81. The summed E-state index contributed by atoms with van der Waals surface area (Å²) < 4.78 is 5.72. The summed E-state index contributed by atoms with van der Waals surface area (Å²) >= 11 is 5.80. The maximum Gasteiger partial charge on any atom is 0.251 e. The molecule has 0 aliphatic heterocycles. The summed E-state index contributed by atoms with van der Waals surface area (Å²) in [6.07, 6.45) is 0. The molecule has 21 heavy (non-hydrogen) atoms. The molecule has 1 N–H and O–H groups in total. The molecule has 110 valence electrons. The van der Waals surface area contributed by atoms with Gasteiger partial charge in [-0.25, -0.2) is 0 Å². The van der Waals surface area contributed by atoms with Crippen molar-refractivity contribution in [1.82, 2.24) is 5.32 Å². The van der Waals surface area contributed by atoms with Crippen molar-refractivity contribution in [2.24, 2.45) is 0 Å². The van der Waals surface area contributed by atoms with Gasteiger partial charge in [-0.05, 0) is 49.7 Å². The summed E-state index contributed by atoms with van der Waals surface area (Å²) in [5.41, 5.74) is 1.66. The van der Waals surface area contributed by atoms with Crippen molar-refractivity contribution >= 4 is 17.5 Å². The Morgan fingerprint density at radius 3 is 2.52 bits per heavy atom. The zero-order chi connectivity index (χ0) is 15.2. The maximum absolute atomic E-state index is 12.0. The van der Waals surface area contributed by atoms with Gasteiger partial charge in [0.05, 0.1) is 6.04 Å². The van der Waals surface area contributed by atoms with Crippen LogP contribution in [0.1, 0.15) is 22.8 Å². The number of aryl methyl sites for hydroxylation is 1. The summed E-state index contributed by atoms with van der Waals surface area (Å²) in [7, 11) is 0. The van der Waals surface area contributed by atoms with Crippen molar-refractivity contribution in [3.63, 3.8) is 0 Å². The van der Waals surface area contributed by atoms with Crippen LogP contribution in [0.25, 0.3) is 0 Å². The number of carbonyl (C=O) groups excluding carboxylic acids is 1. The summed E-state index contributed by atoms with van der Waals surface area (Å²) in [5, 5.41) is 3.51. The Morgan fingerprint density at radius 1 is 1.19 bits per heavy atom. The fourth-order valence-electron chi connectivity index (χ4n) is 1.88. The number of ether oxygens (including phenoxy) is 1. The molecule has 0 radical (unpaired) electrons. The van der Waals surface area contributed by atoms with E-state index in [4.69, 9.17) is 16.3 Å². The van der Waals surface area contributed by atoms with E-state index < -0.39 is 0 Å². The van der Waals surface area contributed by atoms with Crippen LogP contribution in [0.4, 0.5) is 0 Å². The summed E-state index contributed by atoms with van der Waals surface area (Å²) in [4.78, 5) is 12.0. The minimum absolute atomic E-state index is 0.0900. The van der Waals surface area contributed by atoms with Crippen LogP contribution in [0, 0.1) is 6.92 Å². The predicted molar refractivity (Wildman–Crippen MR) is 85.1 cm³/mol. The highest BCUT2D eigenvalue weighted by Crippen LogP contribution is 2.16. The van der Waals surface area contributed by atoms with Crippen LogP contribution in [0.5, 0.6) is 5.75 Å². The number of para-hydroxylation sites is 1. The van der Waals surface area contributed by atoms with Gasteiger partial charge in [0.15, 0.2) is 0 Å². The number of halogens is 1. The van der Waals surface area contributed by atoms with Gasteiger partial charge in [0, 0.05) is 10.6 Å². The fourth-order valence-corrected chi connectivity index (χ4v) is 2.01. The number of carbonyl (C=O) groups is 1. The lowest BCUT2D eigenvalue weighted by Crippen LogP contribution is -2.36.